The summed E-state index contributed by atoms with van der Waals surface area (Å²) in [6.45, 7) is 6.15. The number of nitrogens with zero attached hydrogens (tertiary/aromatic N) is 3. The SMILES string of the molecule is CCc1ccc(CNC(=O)[C@H]2CCCN(c3nccnc3Oc3ccc(C)cc3)C2)cc1. The third kappa shape index (κ3) is 5.44. The molecular weight excluding hydrogens is 400 g/mol. The van der Waals surface area contributed by atoms with Crippen LogP contribution in [0.4, 0.5) is 5.82 Å². The van der Waals surface area contributed by atoms with Crippen LogP contribution in [-0.4, -0.2) is 29.0 Å². The molecule has 1 aliphatic rings. The number of nitrogens with one attached hydrogen (secondary N) is 1. The van der Waals surface area contributed by atoms with Crippen LogP contribution in [0.5, 0.6) is 11.6 Å². The summed E-state index contributed by atoms with van der Waals surface area (Å²) < 4.78 is 6.02. The molecule has 1 aromatic heterocycles. The van der Waals surface area contributed by atoms with Gasteiger partial charge in [0.15, 0.2) is 5.82 Å². The van der Waals surface area contributed by atoms with Crippen molar-refractivity contribution < 1.29 is 9.53 Å². The zero-order valence-corrected chi connectivity index (χ0v) is 18.8. The Balaban J connectivity index is 1.40. The van der Waals surface area contributed by atoms with E-state index in [9.17, 15) is 4.79 Å². The van der Waals surface area contributed by atoms with E-state index >= 15 is 0 Å². The molecule has 0 spiro atoms. The van der Waals surface area contributed by atoms with E-state index in [1.807, 2.05) is 31.2 Å². The number of carbonyl (C=O) groups excluding carboxylic acids is 1. The Kier molecular flexibility index (Phi) is 7.00. The second-order valence-electron chi connectivity index (χ2n) is 8.27. The van der Waals surface area contributed by atoms with Gasteiger partial charge in [-0.3, -0.25) is 4.79 Å². The van der Waals surface area contributed by atoms with Crippen LogP contribution in [-0.2, 0) is 17.8 Å². The van der Waals surface area contributed by atoms with E-state index in [0.717, 1.165) is 37.1 Å². The van der Waals surface area contributed by atoms with Crippen molar-refractivity contribution in [3.63, 3.8) is 0 Å². The average molecular weight is 431 g/mol. The summed E-state index contributed by atoms with van der Waals surface area (Å²) in [5.74, 6) is 1.86. The molecule has 166 valence electrons. The molecule has 6 nitrogen and oxygen atoms in total. The van der Waals surface area contributed by atoms with E-state index in [1.165, 1.54) is 11.1 Å². The first-order valence-corrected chi connectivity index (χ1v) is 11.3. The molecule has 2 heterocycles. The van der Waals surface area contributed by atoms with Crippen LogP contribution in [0.1, 0.15) is 36.5 Å². The molecular formula is C26H30N4O2. The Morgan fingerprint density at radius 3 is 2.53 bits per heavy atom. The van der Waals surface area contributed by atoms with Crippen molar-refractivity contribution in [1.29, 1.82) is 0 Å². The minimum absolute atomic E-state index is 0.0826. The zero-order chi connectivity index (χ0) is 22.3. The third-order valence-electron chi connectivity index (χ3n) is 5.87. The van der Waals surface area contributed by atoms with Crippen LogP contribution in [0, 0.1) is 12.8 Å². The summed E-state index contributed by atoms with van der Waals surface area (Å²) >= 11 is 0. The molecule has 1 N–H and O–H groups in total. The van der Waals surface area contributed by atoms with Gasteiger partial charge >= 0.3 is 0 Å². The molecule has 3 aromatic rings. The molecule has 6 heteroatoms. The lowest BCUT2D eigenvalue weighted by Gasteiger charge is -2.33. The maximum Gasteiger partial charge on any atom is 0.263 e. The number of benzene rings is 2. The molecule has 0 bridgehead atoms. The molecule has 2 aromatic carbocycles. The van der Waals surface area contributed by atoms with E-state index in [-0.39, 0.29) is 11.8 Å². The molecule has 0 saturated carbocycles. The third-order valence-corrected chi connectivity index (χ3v) is 5.87. The predicted octanol–water partition coefficient (Wildman–Crippen LogP) is 4.67. The van der Waals surface area contributed by atoms with Gasteiger partial charge in [-0.15, -0.1) is 0 Å². The topological polar surface area (TPSA) is 67.4 Å². The lowest BCUT2D eigenvalue weighted by atomic mass is 9.97. The average Bonchev–Trinajstić information content (AvgIpc) is 2.84. The van der Waals surface area contributed by atoms with Gasteiger partial charge in [-0.1, -0.05) is 48.9 Å². The number of hydrogen-bond acceptors (Lipinski definition) is 5. The smallest absolute Gasteiger partial charge is 0.263 e. The first kappa shape index (κ1) is 21.8. The molecule has 1 atom stereocenters. The first-order chi connectivity index (χ1) is 15.6. The first-order valence-electron chi connectivity index (χ1n) is 11.3. The number of anilines is 1. The Bertz CT molecular complexity index is 1030. The Hall–Kier alpha value is -3.41. The molecule has 1 saturated heterocycles. The summed E-state index contributed by atoms with van der Waals surface area (Å²) in [4.78, 5) is 23.9. The van der Waals surface area contributed by atoms with Crippen molar-refractivity contribution in [3.8, 4) is 11.6 Å². The van der Waals surface area contributed by atoms with Crippen LogP contribution in [0.15, 0.2) is 60.9 Å². The highest BCUT2D eigenvalue weighted by Crippen LogP contribution is 2.31. The highest BCUT2D eigenvalue weighted by atomic mass is 16.5. The maximum absolute atomic E-state index is 12.9. The molecule has 0 aliphatic carbocycles. The fraction of sp³-hybridized carbons (Fsp3) is 0.346. The number of aromatic nitrogens is 2. The van der Waals surface area contributed by atoms with E-state index in [0.29, 0.717) is 24.8 Å². The molecule has 4 rings (SSSR count). The molecule has 1 amide bonds. The van der Waals surface area contributed by atoms with Crippen molar-refractivity contribution in [2.75, 3.05) is 18.0 Å². The van der Waals surface area contributed by atoms with E-state index in [1.54, 1.807) is 12.4 Å². The van der Waals surface area contributed by atoms with Crippen molar-refractivity contribution in [3.05, 3.63) is 77.6 Å². The van der Waals surface area contributed by atoms with Gasteiger partial charge in [-0.2, -0.15) is 0 Å². The standard InChI is InChI=1S/C26H30N4O2/c1-3-20-8-10-21(11-9-20)17-29-25(31)22-5-4-16-30(18-22)24-26(28-15-14-27-24)32-23-12-6-19(2)7-13-23/h6-15,22H,3-5,16-18H2,1-2H3,(H,29,31)/t22-/m0/s1. The van der Waals surface area contributed by atoms with Crippen molar-refractivity contribution in [2.45, 2.75) is 39.7 Å². The second kappa shape index (κ2) is 10.3. The monoisotopic (exact) mass is 430 g/mol. The molecule has 0 unspecified atom stereocenters. The zero-order valence-electron chi connectivity index (χ0n) is 18.8. The van der Waals surface area contributed by atoms with Gasteiger partial charge in [-0.25, -0.2) is 9.97 Å². The number of hydrogen-bond donors (Lipinski definition) is 1. The van der Waals surface area contributed by atoms with Gasteiger partial charge in [-0.05, 0) is 49.4 Å². The second-order valence-corrected chi connectivity index (χ2v) is 8.27. The Labute approximate surface area is 189 Å². The van der Waals surface area contributed by atoms with Crippen LogP contribution < -0.4 is 15.0 Å². The number of rotatable bonds is 7. The van der Waals surface area contributed by atoms with E-state index in [4.69, 9.17) is 4.74 Å². The van der Waals surface area contributed by atoms with Gasteiger partial charge in [0.1, 0.15) is 5.75 Å². The summed E-state index contributed by atoms with van der Waals surface area (Å²) in [5, 5.41) is 3.10. The number of ether oxygens (including phenoxy) is 1. The minimum atomic E-state index is -0.0899. The number of aryl methyl sites for hydroxylation is 2. The largest absolute Gasteiger partial charge is 0.436 e. The molecule has 0 radical (unpaired) electrons. The number of carbonyl (C=O) groups is 1. The van der Waals surface area contributed by atoms with Crippen LogP contribution in [0.3, 0.4) is 0 Å². The number of amides is 1. The summed E-state index contributed by atoms with van der Waals surface area (Å²) in [6.07, 6.45) is 6.10. The Morgan fingerprint density at radius 2 is 1.78 bits per heavy atom. The fourth-order valence-corrected chi connectivity index (χ4v) is 3.93. The van der Waals surface area contributed by atoms with Crippen LogP contribution in [0.25, 0.3) is 0 Å². The van der Waals surface area contributed by atoms with E-state index < -0.39 is 0 Å². The summed E-state index contributed by atoms with van der Waals surface area (Å²) in [7, 11) is 0. The fourth-order valence-electron chi connectivity index (χ4n) is 3.93. The lowest BCUT2D eigenvalue weighted by molar-refractivity contribution is -0.125. The molecule has 32 heavy (non-hydrogen) atoms. The molecule has 1 fully saturated rings. The minimum Gasteiger partial charge on any atom is -0.436 e. The van der Waals surface area contributed by atoms with Crippen LogP contribution >= 0.6 is 0 Å². The predicted molar refractivity (Wildman–Crippen MR) is 126 cm³/mol. The van der Waals surface area contributed by atoms with Gasteiger partial charge in [0.2, 0.25) is 5.91 Å². The number of piperidine rings is 1. The van der Waals surface area contributed by atoms with Crippen LogP contribution in [0.2, 0.25) is 0 Å². The Morgan fingerprint density at radius 1 is 1.06 bits per heavy atom. The lowest BCUT2D eigenvalue weighted by Crippen LogP contribution is -2.43. The van der Waals surface area contributed by atoms with E-state index in [2.05, 4.69) is 51.4 Å². The van der Waals surface area contributed by atoms with Gasteiger partial charge in [0, 0.05) is 32.0 Å². The van der Waals surface area contributed by atoms with Gasteiger partial charge < -0.3 is 15.0 Å². The van der Waals surface area contributed by atoms with Gasteiger partial charge in [0.05, 0.1) is 5.92 Å². The quantitative estimate of drug-likeness (QED) is 0.590. The summed E-state index contributed by atoms with van der Waals surface area (Å²) in [6, 6.07) is 16.3. The van der Waals surface area contributed by atoms with Crippen molar-refractivity contribution in [1.82, 2.24) is 15.3 Å². The van der Waals surface area contributed by atoms with Gasteiger partial charge in [0.25, 0.3) is 5.88 Å². The maximum atomic E-state index is 12.9. The highest BCUT2D eigenvalue weighted by molar-refractivity contribution is 5.79. The van der Waals surface area contributed by atoms with Crippen molar-refractivity contribution in [2.24, 2.45) is 5.92 Å². The molecule has 1 aliphatic heterocycles. The highest BCUT2D eigenvalue weighted by Gasteiger charge is 2.28. The summed E-state index contributed by atoms with van der Waals surface area (Å²) in [5.41, 5.74) is 3.59. The normalized spacial score (nSPS) is 15.9. The van der Waals surface area contributed by atoms with Crippen molar-refractivity contribution >= 4 is 11.7 Å².